The quantitative estimate of drug-likeness (QED) is 0.112. The van der Waals surface area contributed by atoms with Crippen molar-refractivity contribution in [1.82, 2.24) is 10.6 Å². The number of hydrogen-bond acceptors (Lipinski definition) is 14. The summed E-state index contributed by atoms with van der Waals surface area (Å²) in [5, 5.41) is 42.3. The second-order valence-electron chi connectivity index (χ2n) is 20.3. The fraction of sp³-hybridized carbons (Fsp3) is 0.623. The molecule has 2 aromatic rings. The minimum absolute atomic E-state index is 0.0198. The fourth-order valence-electron chi connectivity index (χ4n) is 12.3. The average molecular weight is 953 g/mol. The normalized spacial score (nSPS) is 34.0. The Hall–Kier alpha value is -4.02. The number of phenols is 1. The lowest BCUT2D eigenvalue weighted by molar-refractivity contribution is -0.121. The summed E-state index contributed by atoms with van der Waals surface area (Å²) < 4.78 is 25.4. The molecule has 0 amide bonds. The van der Waals surface area contributed by atoms with E-state index in [1.165, 1.54) is 7.11 Å². The topological polar surface area (TPSA) is 177 Å². The Kier molecular flexibility index (Phi) is 14.7. The maximum absolute atomic E-state index is 13.3. The number of nitrogens with two attached hydrogens (primary N) is 1. The largest absolute Gasteiger partial charge is 0.504 e. The van der Waals surface area contributed by atoms with Crippen LogP contribution in [-0.4, -0.2) is 96.1 Å². The maximum atomic E-state index is 13.3. The summed E-state index contributed by atoms with van der Waals surface area (Å²) in [6, 6.07) is 5.04. The summed E-state index contributed by atoms with van der Waals surface area (Å²) >= 11 is 0. The molecule has 11 atom stereocenters. The molecule has 2 saturated carbocycles. The first-order valence-corrected chi connectivity index (χ1v) is 26.9. The molecule has 7 N–H and O–H groups in total. The van der Waals surface area contributed by atoms with Gasteiger partial charge in [-0.25, -0.2) is 4.99 Å². The third-order valence-electron chi connectivity index (χ3n) is 16.0. The van der Waals surface area contributed by atoms with Crippen LogP contribution >= 0.6 is 21.6 Å². The molecule has 360 valence electrons. The highest BCUT2D eigenvalue weighted by atomic mass is 33.1. The molecule has 0 aromatic heterocycles. The molecule has 2 fully saturated rings. The van der Waals surface area contributed by atoms with Gasteiger partial charge in [-0.15, -0.1) is 0 Å². The first kappa shape index (κ1) is 48.0. The predicted molar refractivity (Wildman–Crippen MR) is 264 cm³/mol. The number of phenolic OH excluding ortho intramolecular Hbond substituents is 1. The van der Waals surface area contributed by atoms with Crippen LogP contribution in [0.3, 0.4) is 0 Å². The van der Waals surface area contributed by atoms with Gasteiger partial charge in [-0.1, -0.05) is 96.2 Å². The van der Waals surface area contributed by atoms with Crippen molar-refractivity contribution in [2.24, 2.45) is 51.6 Å². The van der Waals surface area contributed by atoms with Crippen molar-refractivity contribution in [1.29, 1.82) is 0 Å². The third-order valence-corrected chi connectivity index (χ3v) is 18.5. The van der Waals surface area contributed by atoms with Crippen LogP contribution in [0.25, 0.3) is 0 Å². The van der Waals surface area contributed by atoms with Crippen molar-refractivity contribution in [2.45, 2.75) is 127 Å². The number of carbonyl (C=O) groups excluding carboxylic acids is 1. The molecule has 4 heterocycles. The monoisotopic (exact) mass is 952 g/mol. The number of nitrogens with one attached hydrogen (secondary N) is 2. The van der Waals surface area contributed by atoms with Crippen LogP contribution < -0.4 is 30.6 Å². The van der Waals surface area contributed by atoms with Gasteiger partial charge >= 0.3 is 0 Å². The van der Waals surface area contributed by atoms with E-state index in [-0.39, 0.29) is 55.2 Å². The van der Waals surface area contributed by atoms with Gasteiger partial charge in [0.25, 0.3) is 0 Å². The molecule has 0 radical (unpaired) electrons. The standard InChI is InChI=1S/C53H68N4O8S2/c1-31(2)45-29-67-66-28-43-42-25-41-33-12-15-39(59)24-38(58)14-11-32-13-16-46(60)48(63-4)40(32)10-7-8-34(22-33)47(49(41)65-50(42)61)64-30-55-53-19-6-5-9-37(53)23-36(27-62-3)35-17-20-52(53,26-35)21-18-44(43)56-51(54)57-45/h13,16-17,20,22,31,35-37,39,42-45,50,55,59-61H,5-6,8-9,11-12,14-15,19,23-30H2,1-4H3,(H3,54,56,57). The second kappa shape index (κ2) is 20.5. The van der Waals surface area contributed by atoms with Gasteiger partial charge in [0.1, 0.15) is 12.5 Å². The molecule has 4 aliphatic carbocycles. The van der Waals surface area contributed by atoms with Gasteiger partial charge in [-0.2, -0.15) is 0 Å². The molecule has 67 heavy (non-hydrogen) atoms. The minimum atomic E-state index is -1.21. The highest BCUT2D eigenvalue weighted by Crippen LogP contribution is 2.59. The Morgan fingerprint density at radius 2 is 1.88 bits per heavy atom. The van der Waals surface area contributed by atoms with E-state index in [1.807, 2.05) is 7.11 Å². The Bertz CT molecular complexity index is 2370. The van der Waals surface area contributed by atoms with E-state index in [0.717, 1.165) is 66.5 Å². The molecule has 10 rings (SSSR count). The number of aliphatic hydroxyl groups excluding tert-OH is 2. The van der Waals surface area contributed by atoms with Gasteiger partial charge in [-0.3, -0.25) is 10.1 Å². The molecular weight excluding hydrogens is 885 g/mol. The number of aliphatic imine (C=N–C) groups is 1. The highest BCUT2D eigenvalue weighted by molar-refractivity contribution is 8.76. The fourth-order valence-corrected chi connectivity index (χ4v) is 15.2. The summed E-state index contributed by atoms with van der Waals surface area (Å²) in [5.74, 6) is 18.2. The van der Waals surface area contributed by atoms with Crippen molar-refractivity contribution < 1.29 is 39.1 Å². The average Bonchev–Trinajstić information content (AvgIpc) is 3.71. The lowest BCUT2D eigenvalue weighted by Gasteiger charge is -2.53. The first-order valence-electron chi connectivity index (χ1n) is 24.4. The number of rotatable bonds is 4. The number of ketones is 1. The molecule has 4 aliphatic heterocycles. The highest BCUT2D eigenvalue weighted by Gasteiger charge is 2.60. The van der Waals surface area contributed by atoms with E-state index in [2.05, 4.69) is 66.4 Å². The smallest absolute Gasteiger partial charge is 0.201 e. The third kappa shape index (κ3) is 9.65. The van der Waals surface area contributed by atoms with Crippen molar-refractivity contribution in [3.8, 4) is 46.7 Å². The number of aliphatic hydroxyl groups is 2. The van der Waals surface area contributed by atoms with Crippen molar-refractivity contribution in [3.05, 3.63) is 58.2 Å². The van der Waals surface area contributed by atoms with Crippen LogP contribution in [0, 0.1) is 64.6 Å². The number of aryl methyl sites for hydroxylation is 2. The second-order valence-corrected chi connectivity index (χ2v) is 22.8. The van der Waals surface area contributed by atoms with Gasteiger partial charge < -0.3 is 45.3 Å². The zero-order valence-corrected chi connectivity index (χ0v) is 41.0. The van der Waals surface area contributed by atoms with Gasteiger partial charge in [0.2, 0.25) is 6.29 Å². The van der Waals surface area contributed by atoms with Crippen LogP contribution in [0.15, 0.2) is 35.3 Å². The number of methoxy groups -OCH3 is 2. The first-order chi connectivity index (χ1) is 32.4. The lowest BCUT2D eigenvalue weighted by atomic mass is 9.57. The molecular formula is C53H68N4O8S2. The number of aromatic hydroxyl groups is 1. The van der Waals surface area contributed by atoms with Gasteiger partial charge in [0.05, 0.1) is 36.3 Å². The number of hydrogen-bond donors (Lipinski definition) is 6. The molecule has 8 bridgehead atoms. The molecule has 0 saturated heterocycles. The van der Waals surface area contributed by atoms with E-state index >= 15 is 0 Å². The Labute approximate surface area is 404 Å². The van der Waals surface area contributed by atoms with Crippen LogP contribution in [0.2, 0.25) is 0 Å². The van der Waals surface area contributed by atoms with E-state index < -0.39 is 35.3 Å². The number of allylic oxidation sites excluding steroid dienone is 1. The van der Waals surface area contributed by atoms with Crippen LogP contribution in [0.4, 0.5) is 0 Å². The van der Waals surface area contributed by atoms with Crippen molar-refractivity contribution in [2.75, 3.05) is 39.1 Å². The molecule has 2 spiro atoms. The summed E-state index contributed by atoms with van der Waals surface area (Å²) in [5.41, 5.74) is 9.89. The minimum Gasteiger partial charge on any atom is -0.504 e. The molecule has 2 aromatic carbocycles. The Morgan fingerprint density at radius 3 is 2.70 bits per heavy atom. The van der Waals surface area contributed by atoms with Crippen molar-refractivity contribution >= 4 is 33.3 Å². The number of Topliss-reactive ketones (excluding diaryl/α,β-unsaturated/α-hetero) is 1. The Morgan fingerprint density at radius 1 is 1.03 bits per heavy atom. The summed E-state index contributed by atoms with van der Waals surface area (Å²) in [7, 11) is 6.88. The number of nitrogens with zero attached hydrogens (tertiary/aromatic N) is 1. The summed E-state index contributed by atoms with van der Waals surface area (Å²) in [6.45, 7) is 5.21. The van der Waals surface area contributed by atoms with Crippen LogP contribution in [-0.2, 0) is 35.2 Å². The predicted octanol–water partition coefficient (Wildman–Crippen LogP) is 6.47. The van der Waals surface area contributed by atoms with Gasteiger partial charge in [0.15, 0.2) is 29.0 Å². The number of fused-ring (bicyclic) bond motifs is 7. The molecule has 12 nitrogen and oxygen atoms in total. The number of carbonyl (C=O) groups is 1. The Balaban J connectivity index is 1.22. The summed E-state index contributed by atoms with van der Waals surface area (Å²) in [4.78, 5) is 18.3. The maximum Gasteiger partial charge on any atom is 0.201 e. The molecule has 11 unspecified atom stereocenters. The molecule has 14 heteroatoms. The van der Waals surface area contributed by atoms with E-state index in [0.29, 0.717) is 84.7 Å². The van der Waals surface area contributed by atoms with E-state index in [9.17, 15) is 20.1 Å². The van der Waals surface area contributed by atoms with Gasteiger partial charge in [0, 0.05) is 73.0 Å². The van der Waals surface area contributed by atoms with E-state index in [4.69, 9.17) is 29.7 Å². The SMILES string of the molecule is COCC1CC2CCCCC23NCOc2c4cc(c5c2OC(O)C(C5)C2CSSCC(C(C)C)N=C(N)NC2C#CC32C=CC1C2)CCC(O)CC(=O)CCc1ccc(O)c(OC)c1C#CC4. The van der Waals surface area contributed by atoms with Crippen molar-refractivity contribution in [3.63, 3.8) is 0 Å². The van der Waals surface area contributed by atoms with Crippen LogP contribution in [0.1, 0.15) is 99.5 Å². The lowest BCUT2D eigenvalue weighted by Crippen LogP contribution is -2.63. The molecule has 8 aliphatic rings. The zero-order chi connectivity index (χ0) is 46.9. The number of benzene rings is 2. The number of guanidine groups is 1. The van der Waals surface area contributed by atoms with E-state index in [1.54, 1.807) is 33.7 Å². The van der Waals surface area contributed by atoms with Crippen LogP contribution in [0.5, 0.6) is 23.0 Å². The summed E-state index contributed by atoms with van der Waals surface area (Å²) in [6.07, 6.45) is 11.0. The van der Waals surface area contributed by atoms with Gasteiger partial charge in [-0.05, 0) is 92.2 Å². The number of ether oxygens (including phenoxy) is 4. The zero-order valence-electron chi connectivity index (χ0n) is 39.4.